The molecule has 0 aromatic rings. The Morgan fingerprint density at radius 2 is 2.30 bits per heavy atom. The normalized spacial score (nSPS) is 19.1. The Labute approximate surface area is 128 Å². The third-order valence-electron chi connectivity index (χ3n) is 2.67. The summed E-state index contributed by atoms with van der Waals surface area (Å²) >= 11 is 6.38. The minimum Gasteiger partial charge on any atom is -0.359 e. The predicted octanol–water partition coefficient (Wildman–Crippen LogP) is 0.147. The number of hydrogen-bond acceptors (Lipinski definition) is 5. The van der Waals surface area contributed by atoms with Gasteiger partial charge in [-0.25, -0.2) is 0 Å². The van der Waals surface area contributed by atoms with Gasteiger partial charge in [-0.1, -0.05) is 37.8 Å². The van der Waals surface area contributed by atoms with Crippen molar-refractivity contribution in [1.29, 1.82) is 5.26 Å². The van der Waals surface area contributed by atoms with Crippen molar-refractivity contribution in [3.8, 4) is 6.07 Å². The second-order valence-corrected chi connectivity index (χ2v) is 6.56. The minimum absolute atomic E-state index is 0.0646. The van der Waals surface area contributed by atoms with Crippen LogP contribution < -0.4 is 16.0 Å². The zero-order valence-corrected chi connectivity index (χ0v) is 13.1. The molecule has 1 rings (SSSR count). The molecule has 0 bridgehead atoms. The number of thioether (sulfide) groups is 1. The van der Waals surface area contributed by atoms with E-state index in [0.29, 0.717) is 16.5 Å². The molecule has 0 aromatic carbocycles. The number of carbonyl (C=O) groups excluding carboxylic acids is 2. The SMILES string of the molecule is CC(C)C[C@H](NC(=O)[C@@H]1CSC(=S)N1)C(=O)NCC#N. The first kappa shape index (κ1) is 16.7. The monoisotopic (exact) mass is 314 g/mol. The van der Waals surface area contributed by atoms with E-state index in [2.05, 4.69) is 16.0 Å². The van der Waals surface area contributed by atoms with E-state index in [1.807, 2.05) is 19.9 Å². The first-order valence-electron chi connectivity index (χ1n) is 6.32. The van der Waals surface area contributed by atoms with Crippen molar-refractivity contribution in [1.82, 2.24) is 16.0 Å². The third kappa shape index (κ3) is 5.35. The zero-order chi connectivity index (χ0) is 15.1. The molecular weight excluding hydrogens is 296 g/mol. The highest BCUT2D eigenvalue weighted by Gasteiger charge is 2.29. The van der Waals surface area contributed by atoms with Crippen molar-refractivity contribution < 1.29 is 9.59 Å². The summed E-state index contributed by atoms with van der Waals surface area (Å²) in [5, 5.41) is 16.6. The molecule has 20 heavy (non-hydrogen) atoms. The summed E-state index contributed by atoms with van der Waals surface area (Å²) in [4.78, 5) is 24.0. The molecule has 110 valence electrons. The summed E-state index contributed by atoms with van der Waals surface area (Å²) < 4.78 is 0.597. The second kappa shape index (κ2) is 8.07. The van der Waals surface area contributed by atoms with Gasteiger partial charge in [0.15, 0.2) is 0 Å². The van der Waals surface area contributed by atoms with Crippen LogP contribution in [0.15, 0.2) is 0 Å². The van der Waals surface area contributed by atoms with Crippen molar-refractivity contribution in [3.63, 3.8) is 0 Å². The van der Waals surface area contributed by atoms with Gasteiger partial charge in [-0.2, -0.15) is 5.26 Å². The fourth-order valence-electron chi connectivity index (χ4n) is 1.75. The van der Waals surface area contributed by atoms with Crippen LogP contribution in [-0.4, -0.2) is 40.5 Å². The van der Waals surface area contributed by atoms with Crippen LogP contribution in [0.4, 0.5) is 0 Å². The van der Waals surface area contributed by atoms with E-state index in [-0.39, 0.29) is 24.3 Å². The lowest BCUT2D eigenvalue weighted by atomic mass is 10.0. The average Bonchev–Trinajstić information content (AvgIpc) is 2.81. The molecule has 2 amide bonds. The molecule has 3 N–H and O–H groups in total. The summed E-state index contributed by atoms with van der Waals surface area (Å²) in [6, 6.07) is 0.818. The number of thiocarbonyl (C=S) groups is 1. The highest BCUT2D eigenvalue weighted by Crippen LogP contribution is 2.14. The van der Waals surface area contributed by atoms with Crippen molar-refractivity contribution in [2.75, 3.05) is 12.3 Å². The third-order valence-corrected chi connectivity index (χ3v) is 4.02. The fourth-order valence-corrected chi connectivity index (χ4v) is 2.88. The van der Waals surface area contributed by atoms with Gasteiger partial charge in [-0.05, 0) is 12.3 Å². The van der Waals surface area contributed by atoms with Crippen molar-refractivity contribution >= 4 is 40.1 Å². The van der Waals surface area contributed by atoms with Gasteiger partial charge in [0.05, 0.1) is 6.07 Å². The van der Waals surface area contributed by atoms with Gasteiger partial charge in [0.2, 0.25) is 11.8 Å². The van der Waals surface area contributed by atoms with Gasteiger partial charge >= 0.3 is 0 Å². The lowest BCUT2D eigenvalue weighted by molar-refractivity contribution is -0.129. The number of hydrogen-bond donors (Lipinski definition) is 3. The number of nitriles is 1. The second-order valence-electron chi connectivity index (χ2n) is 4.86. The standard InChI is InChI=1S/C12H18N4O2S2/c1-7(2)5-8(10(17)14-4-3-13)15-11(18)9-6-20-12(19)16-9/h7-9H,4-6H2,1-2H3,(H,14,17)(H,15,18)(H,16,19)/t8-,9-/m0/s1. The first-order chi connectivity index (χ1) is 9.43. The van der Waals surface area contributed by atoms with E-state index < -0.39 is 12.1 Å². The molecule has 0 aliphatic carbocycles. The molecule has 0 unspecified atom stereocenters. The largest absolute Gasteiger partial charge is 0.359 e. The molecule has 8 heteroatoms. The van der Waals surface area contributed by atoms with Crippen LogP contribution in [0.2, 0.25) is 0 Å². The number of amides is 2. The summed E-state index contributed by atoms with van der Waals surface area (Å²) in [5.41, 5.74) is 0. The number of nitrogens with zero attached hydrogens (tertiary/aromatic N) is 1. The van der Waals surface area contributed by atoms with Gasteiger partial charge in [0.1, 0.15) is 22.9 Å². The number of carbonyl (C=O) groups is 2. The average molecular weight is 314 g/mol. The summed E-state index contributed by atoms with van der Waals surface area (Å²) in [6.45, 7) is 3.87. The zero-order valence-electron chi connectivity index (χ0n) is 11.4. The maximum Gasteiger partial charge on any atom is 0.244 e. The van der Waals surface area contributed by atoms with Crippen LogP contribution in [0.3, 0.4) is 0 Å². The molecule has 1 aliphatic heterocycles. The van der Waals surface area contributed by atoms with E-state index in [9.17, 15) is 9.59 Å². The van der Waals surface area contributed by atoms with E-state index in [0.717, 1.165) is 0 Å². The Morgan fingerprint density at radius 3 is 2.80 bits per heavy atom. The molecule has 1 aliphatic rings. The molecule has 2 atom stereocenters. The van der Waals surface area contributed by atoms with Crippen LogP contribution in [0.25, 0.3) is 0 Å². The number of rotatable bonds is 6. The van der Waals surface area contributed by atoms with E-state index in [1.165, 1.54) is 11.8 Å². The number of nitrogens with one attached hydrogen (secondary N) is 3. The van der Waals surface area contributed by atoms with Crippen LogP contribution in [-0.2, 0) is 9.59 Å². The Morgan fingerprint density at radius 1 is 1.60 bits per heavy atom. The Kier molecular flexibility index (Phi) is 6.75. The van der Waals surface area contributed by atoms with Crippen molar-refractivity contribution in [3.05, 3.63) is 0 Å². The molecule has 0 radical (unpaired) electrons. The Bertz CT molecular complexity index is 434. The molecule has 1 fully saturated rings. The first-order valence-corrected chi connectivity index (χ1v) is 7.71. The van der Waals surface area contributed by atoms with Gasteiger partial charge < -0.3 is 16.0 Å². The minimum atomic E-state index is -0.628. The topological polar surface area (TPSA) is 94.0 Å². The predicted molar refractivity (Wildman–Crippen MR) is 82.0 cm³/mol. The maximum absolute atomic E-state index is 12.1. The molecule has 6 nitrogen and oxygen atoms in total. The summed E-state index contributed by atoms with van der Waals surface area (Å²) in [6.07, 6.45) is 0.521. The van der Waals surface area contributed by atoms with E-state index in [1.54, 1.807) is 0 Å². The van der Waals surface area contributed by atoms with Crippen LogP contribution in [0, 0.1) is 17.2 Å². The Balaban J connectivity index is 2.59. The highest BCUT2D eigenvalue weighted by atomic mass is 32.2. The van der Waals surface area contributed by atoms with Gasteiger partial charge in [-0.15, -0.1) is 0 Å². The van der Waals surface area contributed by atoms with Crippen LogP contribution in [0.5, 0.6) is 0 Å². The molecular formula is C12H18N4O2S2. The van der Waals surface area contributed by atoms with Crippen LogP contribution in [0.1, 0.15) is 20.3 Å². The lowest BCUT2D eigenvalue weighted by Gasteiger charge is -2.21. The highest BCUT2D eigenvalue weighted by molar-refractivity contribution is 8.23. The van der Waals surface area contributed by atoms with Crippen molar-refractivity contribution in [2.45, 2.75) is 32.4 Å². The summed E-state index contributed by atoms with van der Waals surface area (Å²) in [7, 11) is 0. The van der Waals surface area contributed by atoms with Crippen molar-refractivity contribution in [2.24, 2.45) is 5.92 Å². The molecule has 0 spiro atoms. The van der Waals surface area contributed by atoms with Crippen LogP contribution >= 0.6 is 24.0 Å². The maximum atomic E-state index is 12.1. The lowest BCUT2D eigenvalue weighted by Crippen LogP contribution is -2.52. The summed E-state index contributed by atoms with van der Waals surface area (Å²) in [5.74, 6) is 0.246. The van der Waals surface area contributed by atoms with E-state index >= 15 is 0 Å². The molecule has 0 saturated carbocycles. The van der Waals surface area contributed by atoms with Gasteiger partial charge in [-0.3, -0.25) is 9.59 Å². The van der Waals surface area contributed by atoms with Gasteiger partial charge in [0, 0.05) is 5.75 Å². The Hall–Kier alpha value is -1.33. The molecule has 1 saturated heterocycles. The van der Waals surface area contributed by atoms with E-state index in [4.69, 9.17) is 17.5 Å². The fraction of sp³-hybridized carbons (Fsp3) is 0.667. The quantitative estimate of drug-likeness (QED) is 0.477. The van der Waals surface area contributed by atoms with Gasteiger partial charge in [0.25, 0.3) is 0 Å². The smallest absolute Gasteiger partial charge is 0.244 e. The molecule has 0 aromatic heterocycles. The molecule has 1 heterocycles.